The van der Waals surface area contributed by atoms with Gasteiger partial charge in [-0.2, -0.15) is 0 Å². The van der Waals surface area contributed by atoms with Crippen molar-refractivity contribution in [2.45, 2.75) is 77.4 Å². The zero-order chi connectivity index (χ0) is 18.7. The van der Waals surface area contributed by atoms with Crippen LogP contribution in [0.5, 0.6) is 0 Å². The topological polar surface area (TPSA) is 63.6 Å². The van der Waals surface area contributed by atoms with Gasteiger partial charge in [0.25, 0.3) is 0 Å². The fourth-order valence-corrected chi connectivity index (χ4v) is 7.56. The molecule has 0 aromatic carbocycles. The second-order valence-corrected chi connectivity index (χ2v) is 10.3. The summed E-state index contributed by atoms with van der Waals surface area (Å²) in [6, 6.07) is 0. The number of hydrogen-bond acceptors (Lipinski definition) is 4. The molecule has 0 saturated heterocycles. The quantitative estimate of drug-likeness (QED) is 0.537. The Morgan fingerprint density at radius 1 is 1.15 bits per heavy atom. The number of esters is 1. The van der Waals surface area contributed by atoms with Gasteiger partial charge in [-0.3, -0.25) is 9.59 Å². The lowest BCUT2D eigenvalue weighted by Crippen LogP contribution is -2.56. The van der Waals surface area contributed by atoms with Crippen molar-refractivity contribution < 1.29 is 19.4 Å². The van der Waals surface area contributed by atoms with Crippen LogP contribution in [0, 0.1) is 34.5 Å². The molecule has 4 aliphatic carbocycles. The summed E-state index contributed by atoms with van der Waals surface area (Å²) in [6.07, 6.45) is 7.14. The number of fused-ring (bicyclic) bond motifs is 5. The number of ketones is 1. The summed E-state index contributed by atoms with van der Waals surface area (Å²) in [5.74, 6) is 2.17. The summed E-state index contributed by atoms with van der Waals surface area (Å²) >= 11 is 3.21. The van der Waals surface area contributed by atoms with E-state index in [-0.39, 0.29) is 34.0 Å². The van der Waals surface area contributed by atoms with Gasteiger partial charge in [-0.05, 0) is 74.0 Å². The predicted octanol–water partition coefficient (Wildman–Crippen LogP) is 3.88. The van der Waals surface area contributed by atoms with Crippen LogP contribution < -0.4 is 0 Å². The van der Waals surface area contributed by atoms with Crippen LogP contribution in [0.25, 0.3) is 0 Å². The summed E-state index contributed by atoms with van der Waals surface area (Å²) in [6.45, 7) is 4.65. The highest BCUT2D eigenvalue weighted by atomic mass is 79.9. The molecule has 0 spiro atoms. The first-order valence-electron chi connectivity index (χ1n) is 10.3. The van der Waals surface area contributed by atoms with E-state index in [0.717, 1.165) is 32.1 Å². The Kier molecular flexibility index (Phi) is 4.79. The monoisotopic (exact) mass is 426 g/mol. The average molecular weight is 427 g/mol. The standard InChI is InChI=1S/C21H31BrO4/c1-20-8-7-15-13(14(20)5-6-18(20)26-19(25)11-22)4-3-12-9-16(23)17(24)10-21(12,15)2/h12-16,18,23H,3-11H2,1-2H3/t12?,13-,14-,15+,16?,18?,20-,21-/m0/s1. The van der Waals surface area contributed by atoms with Gasteiger partial charge in [-0.15, -0.1) is 0 Å². The molecule has 4 fully saturated rings. The molecule has 8 atom stereocenters. The van der Waals surface area contributed by atoms with Crippen LogP contribution in [0.4, 0.5) is 0 Å². The molecular weight excluding hydrogens is 396 g/mol. The number of hydrogen-bond donors (Lipinski definition) is 1. The first-order chi connectivity index (χ1) is 12.3. The van der Waals surface area contributed by atoms with E-state index in [2.05, 4.69) is 29.8 Å². The second kappa shape index (κ2) is 6.58. The molecule has 4 saturated carbocycles. The lowest BCUT2D eigenvalue weighted by Gasteiger charge is -2.60. The smallest absolute Gasteiger partial charge is 0.316 e. The molecule has 3 unspecified atom stereocenters. The third-order valence-corrected chi connectivity index (χ3v) is 9.25. The first kappa shape index (κ1) is 18.9. The normalized spacial score (nSPS) is 50.5. The highest BCUT2D eigenvalue weighted by Crippen LogP contribution is 2.66. The van der Waals surface area contributed by atoms with E-state index in [9.17, 15) is 14.7 Å². The third-order valence-electron chi connectivity index (χ3n) is 8.80. The minimum Gasteiger partial charge on any atom is -0.461 e. The number of ether oxygens (including phenoxy) is 1. The van der Waals surface area contributed by atoms with Crippen molar-refractivity contribution in [1.29, 1.82) is 0 Å². The van der Waals surface area contributed by atoms with Crippen molar-refractivity contribution in [1.82, 2.24) is 0 Å². The summed E-state index contributed by atoms with van der Waals surface area (Å²) in [5, 5.41) is 10.3. The van der Waals surface area contributed by atoms with E-state index in [0.29, 0.717) is 36.5 Å². The van der Waals surface area contributed by atoms with Crippen LogP contribution >= 0.6 is 15.9 Å². The van der Waals surface area contributed by atoms with Gasteiger partial charge < -0.3 is 9.84 Å². The number of rotatable bonds is 2. The van der Waals surface area contributed by atoms with E-state index >= 15 is 0 Å². The number of alkyl halides is 1. The molecule has 0 radical (unpaired) electrons. The van der Waals surface area contributed by atoms with E-state index in [1.54, 1.807) is 0 Å². The molecular formula is C21H31BrO4. The van der Waals surface area contributed by atoms with Crippen molar-refractivity contribution >= 4 is 27.7 Å². The summed E-state index contributed by atoms with van der Waals surface area (Å²) < 4.78 is 5.80. The second-order valence-electron chi connectivity index (χ2n) is 9.79. The highest BCUT2D eigenvalue weighted by molar-refractivity contribution is 9.09. The molecule has 0 heterocycles. The molecule has 0 aromatic rings. The number of aliphatic hydroxyl groups is 1. The molecule has 4 rings (SSSR count). The Bertz CT molecular complexity index is 607. The van der Waals surface area contributed by atoms with Crippen LogP contribution in [-0.4, -0.2) is 34.4 Å². The van der Waals surface area contributed by atoms with Gasteiger partial charge in [-0.25, -0.2) is 0 Å². The van der Waals surface area contributed by atoms with Gasteiger partial charge in [0, 0.05) is 11.8 Å². The number of aliphatic hydroxyl groups excluding tert-OH is 1. The Morgan fingerprint density at radius 2 is 1.88 bits per heavy atom. The van der Waals surface area contributed by atoms with E-state index in [4.69, 9.17) is 4.74 Å². The van der Waals surface area contributed by atoms with E-state index < -0.39 is 6.10 Å². The van der Waals surface area contributed by atoms with Crippen molar-refractivity contribution in [3.8, 4) is 0 Å². The van der Waals surface area contributed by atoms with Gasteiger partial charge in [0.2, 0.25) is 0 Å². The molecule has 0 bridgehead atoms. The number of carbonyl (C=O) groups is 2. The zero-order valence-corrected chi connectivity index (χ0v) is 17.5. The fourth-order valence-electron chi connectivity index (χ4n) is 7.43. The van der Waals surface area contributed by atoms with Gasteiger partial charge in [-0.1, -0.05) is 29.8 Å². The zero-order valence-electron chi connectivity index (χ0n) is 15.9. The maximum Gasteiger partial charge on any atom is 0.316 e. The SMILES string of the molecule is C[C@]12CC(=O)C(O)CC1CC[C@@H]1[C@H]2CC[C@]2(C)C(OC(=O)CBr)CC[C@@H]12. The predicted molar refractivity (Wildman–Crippen MR) is 102 cm³/mol. The molecule has 26 heavy (non-hydrogen) atoms. The van der Waals surface area contributed by atoms with E-state index in [1.165, 1.54) is 6.42 Å². The van der Waals surface area contributed by atoms with Crippen molar-refractivity contribution in [2.24, 2.45) is 34.5 Å². The molecule has 5 heteroatoms. The lowest BCUT2D eigenvalue weighted by molar-refractivity contribution is -0.166. The highest BCUT2D eigenvalue weighted by Gasteiger charge is 2.61. The third kappa shape index (κ3) is 2.71. The van der Waals surface area contributed by atoms with Crippen LogP contribution in [0.15, 0.2) is 0 Å². The van der Waals surface area contributed by atoms with Crippen LogP contribution in [0.1, 0.15) is 65.2 Å². The Balaban J connectivity index is 1.57. The van der Waals surface area contributed by atoms with Gasteiger partial charge in [0.1, 0.15) is 17.5 Å². The Morgan fingerprint density at radius 3 is 2.62 bits per heavy atom. The van der Waals surface area contributed by atoms with E-state index in [1.807, 2.05) is 0 Å². The molecule has 0 aliphatic heterocycles. The fraction of sp³-hybridized carbons (Fsp3) is 0.905. The summed E-state index contributed by atoms with van der Waals surface area (Å²) in [5.41, 5.74) is 0.131. The molecule has 0 aromatic heterocycles. The maximum absolute atomic E-state index is 12.3. The van der Waals surface area contributed by atoms with Gasteiger partial charge >= 0.3 is 5.97 Å². The average Bonchev–Trinajstić information content (AvgIpc) is 2.93. The lowest BCUT2D eigenvalue weighted by atomic mass is 9.45. The van der Waals surface area contributed by atoms with Crippen LogP contribution in [-0.2, 0) is 14.3 Å². The summed E-state index contributed by atoms with van der Waals surface area (Å²) in [7, 11) is 0. The molecule has 4 aliphatic rings. The van der Waals surface area contributed by atoms with Crippen molar-refractivity contribution in [2.75, 3.05) is 5.33 Å². The first-order valence-corrected chi connectivity index (χ1v) is 11.4. The maximum atomic E-state index is 12.3. The van der Waals surface area contributed by atoms with Crippen molar-refractivity contribution in [3.05, 3.63) is 0 Å². The van der Waals surface area contributed by atoms with Crippen LogP contribution in [0.2, 0.25) is 0 Å². The molecule has 0 amide bonds. The minimum absolute atomic E-state index is 0.0406. The number of halogens is 1. The number of Topliss-reactive ketones (excluding diaryl/α,β-unsaturated/α-hetero) is 1. The molecule has 146 valence electrons. The van der Waals surface area contributed by atoms with Gasteiger partial charge in [0.15, 0.2) is 5.78 Å². The molecule has 1 N–H and O–H groups in total. The largest absolute Gasteiger partial charge is 0.461 e. The van der Waals surface area contributed by atoms with Crippen molar-refractivity contribution in [3.63, 3.8) is 0 Å². The Labute approximate surface area is 164 Å². The summed E-state index contributed by atoms with van der Waals surface area (Å²) in [4.78, 5) is 24.2. The van der Waals surface area contributed by atoms with Crippen LogP contribution in [0.3, 0.4) is 0 Å². The minimum atomic E-state index is -0.738. The molecule has 4 nitrogen and oxygen atoms in total. The Hall–Kier alpha value is -0.420. The number of carbonyl (C=O) groups excluding carboxylic acids is 2. The van der Waals surface area contributed by atoms with Gasteiger partial charge in [0.05, 0.1) is 0 Å².